The van der Waals surface area contributed by atoms with Gasteiger partial charge in [0.05, 0.1) is 6.54 Å². The van der Waals surface area contributed by atoms with E-state index in [1.807, 2.05) is 20.8 Å². The molecule has 0 spiro atoms. The van der Waals surface area contributed by atoms with Crippen molar-refractivity contribution >= 4 is 11.8 Å². The molecule has 1 aromatic carbocycles. The number of nitrogens with zero attached hydrogens (tertiary/aromatic N) is 3. The average Bonchev–Trinajstić information content (AvgIpc) is 2.58. The third-order valence-corrected chi connectivity index (χ3v) is 3.91. The lowest BCUT2D eigenvalue weighted by molar-refractivity contribution is -0.123. The number of halogens is 1. The lowest BCUT2D eigenvalue weighted by atomic mass is 10.1. The first-order valence-corrected chi connectivity index (χ1v) is 8.99. The smallest absolute Gasteiger partial charge is 0.278 e. The fraction of sp³-hybridized carbons (Fsp3) is 0.400. The standard InChI is InChI=1S/C20H25FN4O3/c1-6-24(12-17(27)22-20(3,4)5)19(28)18-16(26)11-13(2)25(23-18)15-10-8-7-9-14(15)21/h7-11H,6,12H2,1-5H3,(H,22,27). The van der Waals surface area contributed by atoms with Crippen molar-refractivity contribution in [3.63, 3.8) is 0 Å². The summed E-state index contributed by atoms with van der Waals surface area (Å²) in [6, 6.07) is 7.17. The van der Waals surface area contributed by atoms with Crippen molar-refractivity contribution in [2.75, 3.05) is 13.1 Å². The highest BCUT2D eigenvalue weighted by atomic mass is 19.1. The topological polar surface area (TPSA) is 84.3 Å². The van der Waals surface area contributed by atoms with E-state index in [1.165, 1.54) is 33.8 Å². The molecule has 0 aliphatic carbocycles. The molecule has 28 heavy (non-hydrogen) atoms. The summed E-state index contributed by atoms with van der Waals surface area (Å²) in [4.78, 5) is 38.6. The minimum absolute atomic E-state index is 0.127. The number of carbonyl (C=O) groups excluding carboxylic acids is 2. The Bertz CT molecular complexity index is 947. The number of hydrogen-bond acceptors (Lipinski definition) is 4. The molecule has 0 fully saturated rings. The van der Waals surface area contributed by atoms with E-state index in [4.69, 9.17) is 0 Å². The lowest BCUT2D eigenvalue weighted by Crippen LogP contribution is -2.48. The first-order valence-electron chi connectivity index (χ1n) is 8.99. The van der Waals surface area contributed by atoms with E-state index in [9.17, 15) is 18.8 Å². The molecule has 1 aromatic heterocycles. The van der Waals surface area contributed by atoms with Crippen LogP contribution in [0.2, 0.25) is 0 Å². The fourth-order valence-electron chi connectivity index (χ4n) is 2.67. The Kier molecular flexibility index (Phi) is 6.33. The number of rotatable bonds is 5. The predicted octanol–water partition coefficient (Wildman–Crippen LogP) is 2.06. The minimum atomic E-state index is -0.679. The Morgan fingerprint density at radius 2 is 1.89 bits per heavy atom. The molecule has 2 amide bonds. The van der Waals surface area contributed by atoms with E-state index < -0.39 is 22.7 Å². The van der Waals surface area contributed by atoms with E-state index in [0.717, 1.165) is 0 Å². The molecule has 0 bridgehead atoms. The van der Waals surface area contributed by atoms with Crippen LogP contribution in [0.25, 0.3) is 5.69 Å². The summed E-state index contributed by atoms with van der Waals surface area (Å²) >= 11 is 0. The summed E-state index contributed by atoms with van der Waals surface area (Å²) in [7, 11) is 0. The van der Waals surface area contributed by atoms with Gasteiger partial charge in [0.2, 0.25) is 11.3 Å². The molecule has 150 valence electrons. The third-order valence-electron chi connectivity index (χ3n) is 3.91. The molecule has 8 heteroatoms. The Labute approximate surface area is 163 Å². The van der Waals surface area contributed by atoms with Gasteiger partial charge in [-0.15, -0.1) is 0 Å². The monoisotopic (exact) mass is 388 g/mol. The zero-order chi connectivity index (χ0) is 21.1. The van der Waals surface area contributed by atoms with Crippen LogP contribution in [-0.2, 0) is 4.79 Å². The molecule has 7 nitrogen and oxygen atoms in total. The second-order valence-corrected chi connectivity index (χ2v) is 7.48. The fourth-order valence-corrected chi connectivity index (χ4v) is 2.67. The van der Waals surface area contributed by atoms with Gasteiger partial charge < -0.3 is 10.2 Å². The van der Waals surface area contributed by atoms with E-state index in [1.54, 1.807) is 19.9 Å². The molecule has 1 N–H and O–H groups in total. The highest BCUT2D eigenvalue weighted by Crippen LogP contribution is 2.13. The van der Waals surface area contributed by atoms with Gasteiger partial charge in [0, 0.05) is 23.8 Å². The summed E-state index contributed by atoms with van der Waals surface area (Å²) in [5.41, 5.74) is -0.870. The van der Waals surface area contributed by atoms with Gasteiger partial charge in [0.25, 0.3) is 5.91 Å². The highest BCUT2D eigenvalue weighted by Gasteiger charge is 2.24. The molecule has 0 radical (unpaired) electrons. The predicted molar refractivity (Wildman–Crippen MR) is 104 cm³/mol. The van der Waals surface area contributed by atoms with Crippen molar-refractivity contribution in [1.82, 2.24) is 20.0 Å². The number of likely N-dealkylation sites (N-methyl/N-ethyl adjacent to an activating group) is 1. The quantitative estimate of drug-likeness (QED) is 0.850. The van der Waals surface area contributed by atoms with Gasteiger partial charge in [-0.2, -0.15) is 5.10 Å². The number of carbonyl (C=O) groups is 2. The summed E-state index contributed by atoms with van der Waals surface area (Å²) in [6.45, 7) is 8.80. The van der Waals surface area contributed by atoms with Crippen LogP contribution < -0.4 is 10.7 Å². The first kappa shape index (κ1) is 21.3. The Balaban J connectivity index is 2.39. The molecular weight excluding hydrogens is 363 g/mol. The number of hydrogen-bond donors (Lipinski definition) is 1. The van der Waals surface area contributed by atoms with Crippen molar-refractivity contribution in [3.05, 3.63) is 57.8 Å². The molecule has 0 atom stereocenters. The second-order valence-electron chi connectivity index (χ2n) is 7.48. The van der Waals surface area contributed by atoms with Crippen LogP contribution in [0.3, 0.4) is 0 Å². The van der Waals surface area contributed by atoms with Gasteiger partial charge in [0.1, 0.15) is 11.5 Å². The maximum absolute atomic E-state index is 14.2. The first-order chi connectivity index (χ1) is 13.0. The number of amides is 2. The zero-order valence-electron chi connectivity index (χ0n) is 16.7. The van der Waals surface area contributed by atoms with Crippen LogP contribution in [-0.4, -0.2) is 45.1 Å². The van der Waals surface area contributed by atoms with E-state index in [0.29, 0.717) is 5.69 Å². The zero-order valence-corrected chi connectivity index (χ0v) is 16.7. The van der Waals surface area contributed by atoms with Gasteiger partial charge in [-0.25, -0.2) is 9.07 Å². The van der Waals surface area contributed by atoms with Crippen LogP contribution >= 0.6 is 0 Å². The second kappa shape index (κ2) is 8.33. The number of nitrogens with one attached hydrogen (secondary N) is 1. The summed E-state index contributed by atoms with van der Waals surface area (Å²) in [6.07, 6.45) is 0. The molecule has 0 saturated carbocycles. The van der Waals surface area contributed by atoms with Crippen LogP contribution in [0.4, 0.5) is 4.39 Å². The third kappa shape index (κ3) is 5.03. The van der Waals surface area contributed by atoms with E-state index in [2.05, 4.69) is 10.4 Å². The van der Waals surface area contributed by atoms with Gasteiger partial charge in [-0.3, -0.25) is 14.4 Å². The van der Waals surface area contributed by atoms with Crippen molar-refractivity contribution in [2.45, 2.75) is 40.2 Å². The molecule has 2 aromatic rings. The van der Waals surface area contributed by atoms with Crippen molar-refractivity contribution in [3.8, 4) is 5.69 Å². The van der Waals surface area contributed by atoms with Crippen molar-refractivity contribution in [1.29, 1.82) is 0 Å². The number of para-hydroxylation sites is 1. The molecule has 1 heterocycles. The van der Waals surface area contributed by atoms with Crippen LogP contribution in [0.5, 0.6) is 0 Å². The maximum Gasteiger partial charge on any atom is 0.278 e. The minimum Gasteiger partial charge on any atom is -0.350 e. The van der Waals surface area contributed by atoms with Crippen molar-refractivity contribution < 1.29 is 14.0 Å². The van der Waals surface area contributed by atoms with Crippen LogP contribution in [0, 0.1) is 12.7 Å². The maximum atomic E-state index is 14.2. The van der Waals surface area contributed by atoms with Crippen LogP contribution in [0.1, 0.15) is 43.9 Å². The van der Waals surface area contributed by atoms with Gasteiger partial charge in [-0.05, 0) is 46.8 Å². The largest absolute Gasteiger partial charge is 0.350 e. The van der Waals surface area contributed by atoms with E-state index >= 15 is 0 Å². The number of aromatic nitrogens is 2. The Morgan fingerprint density at radius 3 is 2.46 bits per heavy atom. The van der Waals surface area contributed by atoms with Gasteiger partial charge in [0.15, 0.2) is 5.69 Å². The average molecular weight is 388 g/mol. The van der Waals surface area contributed by atoms with Gasteiger partial charge >= 0.3 is 0 Å². The SMILES string of the molecule is CCN(CC(=O)NC(C)(C)C)C(=O)c1nn(-c2ccccc2F)c(C)cc1=O. The summed E-state index contributed by atoms with van der Waals surface area (Å²) in [5.74, 6) is -1.55. The molecule has 2 rings (SSSR count). The van der Waals surface area contributed by atoms with E-state index in [-0.39, 0.29) is 30.4 Å². The van der Waals surface area contributed by atoms with Crippen molar-refractivity contribution in [2.24, 2.45) is 0 Å². The molecule has 0 saturated heterocycles. The molecular formula is C20H25FN4O3. The normalized spacial score (nSPS) is 11.2. The number of benzene rings is 1. The highest BCUT2D eigenvalue weighted by molar-refractivity contribution is 5.94. The summed E-state index contributed by atoms with van der Waals surface area (Å²) < 4.78 is 15.4. The molecule has 0 unspecified atom stereocenters. The molecule has 0 aliphatic heterocycles. The number of aryl methyl sites for hydroxylation is 1. The lowest BCUT2D eigenvalue weighted by Gasteiger charge is -2.25. The Morgan fingerprint density at radius 1 is 1.25 bits per heavy atom. The molecule has 0 aliphatic rings. The van der Waals surface area contributed by atoms with Crippen LogP contribution in [0.15, 0.2) is 35.1 Å². The van der Waals surface area contributed by atoms with Gasteiger partial charge in [-0.1, -0.05) is 12.1 Å². The Hall–Kier alpha value is -3.03. The summed E-state index contributed by atoms with van der Waals surface area (Å²) in [5, 5.41) is 6.87.